The molecule has 0 aromatic carbocycles. The van der Waals surface area contributed by atoms with Crippen molar-refractivity contribution in [1.82, 2.24) is 10.1 Å². The van der Waals surface area contributed by atoms with Crippen LogP contribution in [0.2, 0.25) is 0 Å². The molecule has 0 unspecified atom stereocenters. The molecular formula is C7H12N2O2S. The Bertz CT molecular complexity index is 227. The average molecular weight is 188 g/mol. The third-order valence-electron chi connectivity index (χ3n) is 1.23. The zero-order valence-electron chi connectivity index (χ0n) is 6.99. The first-order valence-corrected chi connectivity index (χ1v) is 5.02. The fourth-order valence-corrected chi connectivity index (χ4v) is 1.44. The van der Waals surface area contributed by atoms with E-state index in [4.69, 9.17) is 9.63 Å². The maximum Gasteiger partial charge on any atom is 0.236 e. The van der Waals surface area contributed by atoms with E-state index in [1.807, 2.05) is 0 Å². The van der Waals surface area contributed by atoms with Crippen molar-refractivity contribution in [3.8, 4) is 0 Å². The third kappa shape index (κ3) is 2.83. The molecule has 0 atom stereocenters. The van der Waals surface area contributed by atoms with E-state index in [1.165, 1.54) is 0 Å². The van der Waals surface area contributed by atoms with Crippen LogP contribution >= 0.6 is 11.8 Å². The number of aromatic nitrogens is 2. The summed E-state index contributed by atoms with van der Waals surface area (Å²) in [5.74, 6) is 2.79. The highest BCUT2D eigenvalue weighted by Gasteiger charge is 2.03. The van der Waals surface area contributed by atoms with Crippen LogP contribution in [-0.4, -0.2) is 21.0 Å². The Hall–Kier alpha value is -0.550. The third-order valence-corrected chi connectivity index (χ3v) is 2.37. The van der Waals surface area contributed by atoms with Crippen molar-refractivity contribution < 1.29 is 9.63 Å². The van der Waals surface area contributed by atoms with Gasteiger partial charge in [-0.25, -0.2) is 0 Å². The van der Waals surface area contributed by atoms with Gasteiger partial charge in [-0.05, 0) is 12.2 Å². The van der Waals surface area contributed by atoms with E-state index in [-0.39, 0.29) is 6.61 Å². The Balaban J connectivity index is 2.31. The molecule has 1 aromatic heterocycles. The molecule has 0 saturated heterocycles. The van der Waals surface area contributed by atoms with E-state index in [0.717, 1.165) is 17.9 Å². The minimum absolute atomic E-state index is 0.151. The summed E-state index contributed by atoms with van der Waals surface area (Å²) in [6.45, 7) is 1.97. The molecule has 0 amide bonds. The minimum Gasteiger partial charge on any atom is -0.388 e. The zero-order chi connectivity index (χ0) is 8.81. The predicted molar refractivity (Wildman–Crippen MR) is 46.7 cm³/mol. The molecule has 0 aliphatic carbocycles. The summed E-state index contributed by atoms with van der Waals surface area (Å²) in [6, 6.07) is 0. The molecule has 68 valence electrons. The Kier molecular flexibility index (Phi) is 4.10. The molecular weight excluding hydrogens is 176 g/mol. The van der Waals surface area contributed by atoms with Gasteiger partial charge in [0.15, 0.2) is 5.82 Å². The first-order chi connectivity index (χ1) is 5.86. The molecule has 5 heteroatoms. The molecule has 1 rings (SSSR count). The van der Waals surface area contributed by atoms with E-state index >= 15 is 0 Å². The number of aliphatic hydroxyl groups excluding tert-OH is 1. The Labute approximate surface area is 75.4 Å². The van der Waals surface area contributed by atoms with Crippen molar-refractivity contribution in [1.29, 1.82) is 0 Å². The number of aliphatic hydroxyl groups is 1. The van der Waals surface area contributed by atoms with Crippen molar-refractivity contribution in [2.24, 2.45) is 0 Å². The molecule has 0 fully saturated rings. The molecule has 1 N–H and O–H groups in total. The predicted octanol–water partition coefficient (Wildman–Crippen LogP) is 1.21. The second-order valence-electron chi connectivity index (χ2n) is 2.32. The summed E-state index contributed by atoms with van der Waals surface area (Å²) >= 11 is 1.75. The van der Waals surface area contributed by atoms with E-state index in [9.17, 15) is 0 Å². The second kappa shape index (κ2) is 5.16. The van der Waals surface area contributed by atoms with Gasteiger partial charge in [-0.15, -0.1) is 0 Å². The molecule has 1 heterocycles. The van der Waals surface area contributed by atoms with Crippen LogP contribution in [-0.2, 0) is 12.4 Å². The zero-order valence-corrected chi connectivity index (χ0v) is 7.80. The van der Waals surface area contributed by atoms with Crippen LogP contribution in [0.5, 0.6) is 0 Å². The molecule has 0 spiro atoms. The Morgan fingerprint density at radius 1 is 1.58 bits per heavy atom. The van der Waals surface area contributed by atoms with Gasteiger partial charge in [0.05, 0.1) is 5.75 Å². The van der Waals surface area contributed by atoms with Crippen LogP contribution in [0.3, 0.4) is 0 Å². The molecule has 1 aromatic rings. The van der Waals surface area contributed by atoms with Crippen molar-refractivity contribution in [2.45, 2.75) is 25.7 Å². The maximum atomic E-state index is 8.63. The second-order valence-corrected chi connectivity index (χ2v) is 3.42. The van der Waals surface area contributed by atoms with E-state index in [1.54, 1.807) is 11.8 Å². The minimum atomic E-state index is -0.151. The van der Waals surface area contributed by atoms with Crippen LogP contribution in [0.25, 0.3) is 0 Å². The molecule has 4 nitrogen and oxygen atoms in total. The maximum absolute atomic E-state index is 8.63. The summed E-state index contributed by atoms with van der Waals surface area (Å²) in [5, 5.41) is 12.2. The van der Waals surface area contributed by atoms with Gasteiger partial charge in [-0.1, -0.05) is 12.1 Å². The summed E-state index contributed by atoms with van der Waals surface area (Å²) in [5.41, 5.74) is 0. The lowest BCUT2D eigenvalue weighted by Gasteiger charge is -1.91. The van der Waals surface area contributed by atoms with E-state index < -0.39 is 0 Å². The summed E-state index contributed by atoms with van der Waals surface area (Å²) in [7, 11) is 0. The standard InChI is InChI=1S/C7H12N2O2S/c1-2-3-12-5-7-8-6(4-10)9-11-7/h10H,2-5H2,1H3. The van der Waals surface area contributed by atoms with Gasteiger partial charge >= 0.3 is 0 Å². The van der Waals surface area contributed by atoms with Crippen LogP contribution in [0.1, 0.15) is 25.1 Å². The van der Waals surface area contributed by atoms with Crippen molar-refractivity contribution in [2.75, 3.05) is 5.75 Å². The topological polar surface area (TPSA) is 59.2 Å². The fraction of sp³-hybridized carbons (Fsp3) is 0.714. The lowest BCUT2D eigenvalue weighted by atomic mass is 10.6. The normalized spacial score (nSPS) is 10.5. The van der Waals surface area contributed by atoms with Gasteiger partial charge in [0.25, 0.3) is 0 Å². The molecule has 12 heavy (non-hydrogen) atoms. The summed E-state index contributed by atoms with van der Waals surface area (Å²) in [6.07, 6.45) is 1.14. The lowest BCUT2D eigenvalue weighted by Crippen LogP contribution is -1.86. The number of thioether (sulfide) groups is 1. The van der Waals surface area contributed by atoms with Gasteiger partial charge < -0.3 is 9.63 Å². The highest BCUT2D eigenvalue weighted by atomic mass is 32.2. The summed E-state index contributed by atoms with van der Waals surface area (Å²) < 4.78 is 4.86. The van der Waals surface area contributed by atoms with Crippen LogP contribution < -0.4 is 0 Å². The number of nitrogens with zero attached hydrogens (tertiary/aromatic N) is 2. The highest BCUT2D eigenvalue weighted by Crippen LogP contribution is 2.10. The molecule has 0 aliphatic rings. The molecule has 0 saturated carbocycles. The molecule has 0 radical (unpaired) electrons. The van der Waals surface area contributed by atoms with Crippen molar-refractivity contribution in [3.05, 3.63) is 11.7 Å². The van der Waals surface area contributed by atoms with Crippen molar-refractivity contribution >= 4 is 11.8 Å². The van der Waals surface area contributed by atoms with Gasteiger partial charge in [0, 0.05) is 0 Å². The van der Waals surface area contributed by atoms with Crippen LogP contribution in [0, 0.1) is 0 Å². The van der Waals surface area contributed by atoms with E-state index in [2.05, 4.69) is 17.1 Å². The van der Waals surface area contributed by atoms with Crippen LogP contribution in [0.4, 0.5) is 0 Å². The average Bonchev–Trinajstić information content (AvgIpc) is 2.53. The SMILES string of the molecule is CCCSCc1nc(CO)no1. The number of rotatable bonds is 5. The monoisotopic (exact) mass is 188 g/mol. The van der Waals surface area contributed by atoms with Gasteiger partial charge in [-0.3, -0.25) is 0 Å². The van der Waals surface area contributed by atoms with Crippen LogP contribution in [0.15, 0.2) is 4.52 Å². The number of hydrogen-bond acceptors (Lipinski definition) is 5. The van der Waals surface area contributed by atoms with Gasteiger partial charge in [0.1, 0.15) is 6.61 Å². The van der Waals surface area contributed by atoms with Crippen molar-refractivity contribution in [3.63, 3.8) is 0 Å². The Morgan fingerprint density at radius 2 is 2.42 bits per heavy atom. The molecule has 0 bridgehead atoms. The first-order valence-electron chi connectivity index (χ1n) is 3.87. The Morgan fingerprint density at radius 3 is 3.00 bits per heavy atom. The van der Waals surface area contributed by atoms with Gasteiger partial charge in [0.2, 0.25) is 5.89 Å². The lowest BCUT2D eigenvalue weighted by molar-refractivity contribution is 0.263. The molecule has 0 aliphatic heterocycles. The quantitative estimate of drug-likeness (QED) is 0.704. The van der Waals surface area contributed by atoms with E-state index in [0.29, 0.717) is 11.7 Å². The largest absolute Gasteiger partial charge is 0.388 e. The highest BCUT2D eigenvalue weighted by molar-refractivity contribution is 7.98. The fourth-order valence-electron chi connectivity index (χ4n) is 0.717. The number of hydrogen-bond donors (Lipinski definition) is 1. The van der Waals surface area contributed by atoms with Gasteiger partial charge in [-0.2, -0.15) is 16.7 Å². The smallest absolute Gasteiger partial charge is 0.236 e. The summed E-state index contributed by atoms with van der Waals surface area (Å²) in [4.78, 5) is 3.95. The first kappa shape index (κ1) is 9.54.